The molecule has 0 spiro atoms. The van der Waals surface area contributed by atoms with Gasteiger partial charge < -0.3 is 5.73 Å². The first-order chi connectivity index (χ1) is 8.41. The van der Waals surface area contributed by atoms with Crippen molar-refractivity contribution in [3.8, 4) is 10.6 Å². The van der Waals surface area contributed by atoms with Gasteiger partial charge in [-0.25, -0.2) is 4.98 Å². The summed E-state index contributed by atoms with van der Waals surface area (Å²) < 4.78 is 0. The van der Waals surface area contributed by atoms with Crippen molar-refractivity contribution in [2.24, 2.45) is 5.73 Å². The summed E-state index contributed by atoms with van der Waals surface area (Å²) in [5.41, 5.74) is 8.05. The first kappa shape index (κ1) is 13.5. The van der Waals surface area contributed by atoms with E-state index in [1.807, 2.05) is 38.1 Å². The van der Waals surface area contributed by atoms with Gasteiger partial charge in [0.2, 0.25) is 0 Å². The zero-order chi connectivity index (χ0) is 13.3. The molecule has 0 radical (unpaired) electrons. The number of benzene rings is 1. The van der Waals surface area contributed by atoms with Crippen molar-refractivity contribution in [1.29, 1.82) is 0 Å². The maximum absolute atomic E-state index is 6.20. The van der Waals surface area contributed by atoms with E-state index >= 15 is 0 Å². The fourth-order valence-corrected chi connectivity index (χ4v) is 3.11. The number of aromatic nitrogens is 1. The lowest BCUT2D eigenvalue weighted by Gasteiger charge is -2.17. The summed E-state index contributed by atoms with van der Waals surface area (Å²) in [5.74, 6) is 0. The Morgan fingerprint density at radius 1 is 1.28 bits per heavy atom. The Labute approximate surface area is 117 Å². The summed E-state index contributed by atoms with van der Waals surface area (Å²) in [6.07, 6.45) is 0.903. The van der Waals surface area contributed by atoms with E-state index in [1.165, 1.54) is 0 Å². The number of halogens is 1. The van der Waals surface area contributed by atoms with Crippen LogP contribution in [0.15, 0.2) is 24.3 Å². The number of aryl methyl sites for hydroxylation is 1. The Bertz CT molecular complexity index is 538. The Hall–Kier alpha value is -0.900. The lowest BCUT2D eigenvalue weighted by molar-refractivity contribution is 0.559. The number of hydrogen-bond donors (Lipinski definition) is 1. The Morgan fingerprint density at radius 3 is 2.33 bits per heavy atom. The van der Waals surface area contributed by atoms with Crippen LogP contribution in [0.1, 0.15) is 31.3 Å². The molecule has 0 aliphatic heterocycles. The molecule has 1 aromatic carbocycles. The molecule has 0 fully saturated rings. The molecule has 18 heavy (non-hydrogen) atoms. The van der Waals surface area contributed by atoms with Crippen LogP contribution in [-0.4, -0.2) is 4.98 Å². The number of nitrogens with zero attached hydrogens (tertiary/aromatic N) is 1. The maximum Gasteiger partial charge on any atom is 0.123 e. The Balaban J connectivity index is 2.47. The normalized spacial score (nSPS) is 11.8. The average Bonchev–Trinajstić information content (AvgIpc) is 2.73. The van der Waals surface area contributed by atoms with E-state index in [4.69, 9.17) is 22.3 Å². The van der Waals surface area contributed by atoms with E-state index in [9.17, 15) is 0 Å². The van der Waals surface area contributed by atoms with Gasteiger partial charge in [0, 0.05) is 21.0 Å². The maximum atomic E-state index is 6.20. The van der Waals surface area contributed by atoms with E-state index in [0.717, 1.165) is 32.6 Å². The van der Waals surface area contributed by atoms with E-state index in [-0.39, 0.29) is 5.54 Å². The zero-order valence-corrected chi connectivity index (χ0v) is 12.4. The molecule has 0 aliphatic carbocycles. The topological polar surface area (TPSA) is 38.9 Å². The molecular formula is C14H17ClN2S. The summed E-state index contributed by atoms with van der Waals surface area (Å²) in [6.45, 7) is 6.15. The third-order valence-electron chi connectivity index (χ3n) is 2.71. The van der Waals surface area contributed by atoms with Crippen molar-refractivity contribution < 1.29 is 0 Å². The monoisotopic (exact) mass is 280 g/mol. The van der Waals surface area contributed by atoms with Crippen molar-refractivity contribution in [1.82, 2.24) is 4.98 Å². The molecule has 2 rings (SSSR count). The lowest BCUT2D eigenvalue weighted by atomic mass is 10.0. The van der Waals surface area contributed by atoms with Gasteiger partial charge in [-0.3, -0.25) is 0 Å². The van der Waals surface area contributed by atoms with Crippen LogP contribution in [0.2, 0.25) is 5.02 Å². The van der Waals surface area contributed by atoms with Gasteiger partial charge in [0.1, 0.15) is 5.01 Å². The molecule has 2 N–H and O–H groups in total. The van der Waals surface area contributed by atoms with Crippen LogP contribution in [0.4, 0.5) is 0 Å². The SMILES string of the molecule is CCc1nc(-c2ccc(Cl)cc2)sc1C(C)(C)N. The molecule has 1 heterocycles. The fraction of sp³-hybridized carbons (Fsp3) is 0.357. The Kier molecular flexibility index (Phi) is 3.76. The fourth-order valence-electron chi connectivity index (χ4n) is 1.81. The minimum atomic E-state index is -0.340. The second-order valence-electron chi connectivity index (χ2n) is 4.88. The zero-order valence-electron chi connectivity index (χ0n) is 10.8. The van der Waals surface area contributed by atoms with Gasteiger partial charge in [-0.2, -0.15) is 0 Å². The van der Waals surface area contributed by atoms with Crippen LogP contribution in [0, 0.1) is 0 Å². The van der Waals surface area contributed by atoms with Gasteiger partial charge in [0.25, 0.3) is 0 Å². The summed E-state index contributed by atoms with van der Waals surface area (Å²) in [7, 11) is 0. The predicted octanol–water partition coefficient (Wildman–Crippen LogP) is 4.22. The molecule has 0 saturated carbocycles. The molecule has 0 unspecified atom stereocenters. The minimum Gasteiger partial charge on any atom is -0.321 e. The van der Waals surface area contributed by atoms with E-state index < -0.39 is 0 Å². The highest BCUT2D eigenvalue weighted by Gasteiger charge is 2.22. The second-order valence-corrected chi connectivity index (χ2v) is 6.31. The van der Waals surface area contributed by atoms with Crippen molar-refractivity contribution in [2.75, 3.05) is 0 Å². The van der Waals surface area contributed by atoms with Crippen LogP contribution in [0.25, 0.3) is 10.6 Å². The molecule has 0 atom stereocenters. The van der Waals surface area contributed by atoms with Crippen molar-refractivity contribution >= 4 is 22.9 Å². The largest absolute Gasteiger partial charge is 0.321 e. The highest BCUT2D eigenvalue weighted by atomic mass is 35.5. The minimum absolute atomic E-state index is 0.340. The molecule has 0 aliphatic rings. The highest BCUT2D eigenvalue weighted by Crippen LogP contribution is 2.34. The van der Waals surface area contributed by atoms with Gasteiger partial charge in [-0.05, 0) is 32.4 Å². The number of rotatable bonds is 3. The first-order valence-corrected chi connectivity index (χ1v) is 7.16. The number of thiazole rings is 1. The van der Waals surface area contributed by atoms with Gasteiger partial charge >= 0.3 is 0 Å². The molecule has 4 heteroatoms. The van der Waals surface area contributed by atoms with Crippen molar-refractivity contribution in [3.05, 3.63) is 39.9 Å². The third kappa shape index (κ3) is 2.74. The van der Waals surface area contributed by atoms with Crippen LogP contribution in [-0.2, 0) is 12.0 Å². The number of hydrogen-bond acceptors (Lipinski definition) is 3. The summed E-state index contributed by atoms with van der Waals surface area (Å²) in [6, 6.07) is 7.76. The van der Waals surface area contributed by atoms with E-state index in [1.54, 1.807) is 11.3 Å². The molecule has 2 aromatic rings. The Morgan fingerprint density at radius 2 is 1.89 bits per heavy atom. The van der Waals surface area contributed by atoms with Crippen LogP contribution >= 0.6 is 22.9 Å². The number of nitrogens with two attached hydrogens (primary N) is 1. The predicted molar refractivity (Wildman–Crippen MR) is 79.2 cm³/mol. The van der Waals surface area contributed by atoms with Gasteiger partial charge in [0.15, 0.2) is 0 Å². The first-order valence-electron chi connectivity index (χ1n) is 5.97. The van der Waals surface area contributed by atoms with E-state index in [2.05, 4.69) is 6.92 Å². The second kappa shape index (κ2) is 5.00. The molecule has 96 valence electrons. The third-order valence-corrected chi connectivity index (χ3v) is 4.45. The standard InChI is InChI=1S/C14H17ClN2S/c1-4-11-12(14(2,3)16)18-13(17-11)9-5-7-10(15)8-6-9/h5-8H,4,16H2,1-3H3. The molecule has 0 bridgehead atoms. The summed E-state index contributed by atoms with van der Waals surface area (Å²) in [5, 5.41) is 1.75. The molecule has 0 amide bonds. The van der Waals surface area contributed by atoms with E-state index in [0.29, 0.717) is 0 Å². The average molecular weight is 281 g/mol. The van der Waals surface area contributed by atoms with Gasteiger partial charge in [-0.15, -0.1) is 11.3 Å². The molecule has 0 saturated heterocycles. The quantitative estimate of drug-likeness (QED) is 0.914. The van der Waals surface area contributed by atoms with Gasteiger partial charge in [-0.1, -0.05) is 30.7 Å². The van der Waals surface area contributed by atoms with Crippen molar-refractivity contribution in [2.45, 2.75) is 32.7 Å². The molecule has 1 aromatic heterocycles. The summed E-state index contributed by atoms with van der Waals surface area (Å²) >= 11 is 7.57. The van der Waals surface area contributed by atoms with Crippen LogP contribution in [0.5, 0.6) is 0 Å². The highest BCUT2D eigenvalue weighted by molar-refractivity contribution is 7.15. The molecular weight excluding hydrogens is 264 g/mol. The lowest BCUT2D eigenvalue weighted by Crippen LogP contribution is -2.28. The summed E-state index contributed by atoms with van der Waals surface area (Å²) in [4.78, 5) is 5.85. The van der Waals surface area contributed by atoms with Crippen LogP contribution in [0.3, 0.4) is 0 Å². The van der Waals surface area contributed by atoms with Crippen LogP contribution < -0.4 is 5.73 Å². The van der Waals surface area contributed by atoms with Gasteiger partial charge in [0.05, 0.1) is 5.69 Å². The van der Waals surface area contributed by atoms with Crippen molar-refractivity contribution in [3.63, 3.8) is 0 Å². The smallest absolute Gasteiger partial charge is 0.123 e. The molecule has 2 nitrogen and oxygen atoms in total.